The number of amides is 1. The number of nitrogens with two attached hydrogens (primary N) is 1. The Kier molecular flexibility index (Phi) is 6.80. The van der Waals surface area contributed by atoms with Gasteiger partial charge in [0.15, 0.2) is 0 Å². The van der Waals surface area contributed by atoms with Crippen molar-refractivity contribution in [3.8, 4) is 0 Å². The number of carbonyl (C=O) groups excluding carboxylic acids is 1. The van der Waals surface area contributed by atoms with Gasteiger partial charge in [-0.05, 0) is 24.1 Å². The van der Waals surface area contributed by atoms with Crippen LogP contribution in [0.3, 0.4) is 0 Å². The topological polar surface area (TPSA) is 43.1 Å². The van der Waals surface area contributed by atoms with Crippen molar-refractivity contribution in [3.05, 3.63) is 34.3 Å². The van der Waals surface area contributed by atoms with E-state index >= 15 is 0 Å². The summed E-state index contributed by atoms with van der Waals surface area (Å²) in [5, 5.41) is 0.623. The fourth-order valence-electron chi connectivity index (χ4n) is 1.17. The summed E-state index contributed by atoms with van der Waals surface area (Å²) in [4.78, 5) is 10.8. The van der Waals surface area contributed by atoms with Gasteiger partial charge in [-0.2, -0.15) is 0 Å². The Morgan fingerprint density at radius 3 is 2.40 bits per heavy atom. The quantitative estimate of drug-likeness (QED) is 0.845. The predicted molar refractivity (Wildman–Crippen MR) is 65.3 cm³/mol. The summed E-state index contributed by atoms with van der Waals surface area (Å²) in [7, 11) is 0. The second-order valence-corrected chi connectivity index (χ2v) is 3.33. The standard InChI is InChI=1S/C10H12ClNO.C2H6/c1-2-3-7-4-5-8(10(12)13)6-9(7)11;1-2/h4-6H,2-3H2,1H3,(H2,12,13);1-2H3. The van der Waals surface area contributed by atoms with Gasteiger partial charge in [-0.1, -0.05) is 44.9 Å². The number of halogens is 1. The van der Waals surface area contributed by atoms with Crippen molar-refractivity contribution in [2.75, 3.05) is 0 Å². The summed E-state index contributed by atoms with van der Waals surface area (Å²) in [5.41, 5.74) is 6.64. The van der Waals surface area contributed by atoms with E-state index in [1.807, 2.05) is 19.9 Å². The fraction of sp³-hybridized carbons (Fsp3) is 0.417. The number of carbonyl (C=O) groups is 1. The van der Waals surface area contributed by atoms with Crippen LogP contribution in [-0.2, 0) is 6.42 Å². The van der Waals surface area contributed by atoms with Crippen molar-refractivity contribution in [2.45, 2.75) is 33.6 Å². The largest absolute Gasteiger partial charge is 0.366 e. The van der Waals surface area contributed by atoms with Gasteiger partial charge in [0.2, 0.25) is 5.91 Å². The summed E-state index contributed by atoms with van der Waals surface area (Å²) in [6, 6.07) is 5.18. The fourth-order valence-corrected chi connectivity index (χ4v) is 1.45. The third-order valence-electron chi connectivity index (χ3n) is 1.86. The van der Waals surface area contributed by atoms with Crippen LogP contribution in [-0.4, -0.2) is 5.91 Å². The van der Waals surface area contributed by atoms with Crippen LogP contribution in [0.4, 0.5) is 0 Å². The summed E-state index contributed by atoms with van der Waals surface area (Å²) in [6.45, 7) is 6.08. The highest BCUT2D eigenvalue weighted by atomic mass is 35.5. The second-order valence-electron chi connectivity index (χ2n) is 2.92. The molecule has 0 saturated carbocycles. The smallest absolute Gasteiger partial charge is 0.248 e. The Morgan fingerprint density at radius 1 is 1.40 bits per heavy atom. The van der Waals surface area contributed by atoms with Gasteiger partial charge < -0.3 is 5.73 Å². The van der Waals surface area contributed by atoms with Crippen LogP contribution in [0.25, 0.3) is 0 Å². The number of hydrogen-bond donors (Lipinski definition) is 1. The molecule has 0 unspecified atom stereocenters. The molecule has 0 fully saturated rings. The minimum atomic E-state index is -0.440. The molecule has 0 bridgehead atoms. The van der Waals surface area contributed by atoms with Crippen LogP contribution < -0.4 is 5.73 Å². The molecular formula is C12H18ClNO. The summed E-state index contributed by atoms with van der Waals surface area (Å²) in [6.07, 6.45) is 1.97. The highest BCUT2D eigenvalue weighted by molar-refractivity contribution is 6.31. The molecule has 3 heteroatoms. The third-order valence-corrected chi connectivity index (χ3v) is 2.21. The molecular weight excluding hydrogens is 210 g/mol. The Bertz CT molecular complexity index is 323. The van der Waals surface area contributed by atoms with E-state index in [2.05, 4.69) is 6.92 Å². The second kappa shape index (κ2) is 7.30. The van der Waals surface area contributed by atoms with Crippen molar-refractivity contribution in [2.24, 2.45) is 5.73 Å². The molecule has 15 heavy (non-hydrogen) atoms. The van der Waals surface area contributed by atoms with Crippen molar-refractivity contribution in [3.63, 3.8) is 0 Å². The first kappa shape index (κ1) is 14.0. The van der Waals surface area contributed by atoms with Gasteiger partial charge in [-0.25, -0.2) is 0 Å². The van der Waals surface area contributed by atoms with E-state index in [0.29, 0.717) is 10.6 Å². The van der Waals surface area contributed by atoms with Gasteiger partial charge in [0.05, 0.1) is 0 Å². The van der Waals surface area contributed by atoms with Crippen molar-refractivity contribution < 1.29 is 4.79 Å². The van der Waals surface area contributed by atoms with E-state index in [4.69, 9.17) is 17.3 Å². The number of primary amides is 1. The number of aryl methyl sites for hydroxylation is 1. The first-order valence-corrected chi connectivity index (χ1v) is 5.61. The lowest BCUT2D eigenvalue weighted by atomic mass is 10.1. The van der Waals surface area contributed by atoms with Crippen molar-refractivity contribution in [1.82, 2.24) is 0 Å². The maximum atomic E-state index is 10.8. The number of hydrogen-bond acceptors (Lipinski definition) is 1. The molecule has 1 aromatic rings. The molecule has 0 aliphatic rings. The van der Waals surface area contributed by atoms with E-state index in [0.717, 1.165) is 18.4 Å². The molecule has 1 aromatic carbocycles. The molecule has 0 aliphatic carbocycles. The normalized spacial score (nSPS) is 9.07. The van der Waals surface area contributed by atoms with E-state index < -0.39 is 5.91 Å². The molecule has 1 amide bonds. The summed E-state index contributed by atoms with van der Waals surface area (Å²) in [5.74, 6) is -0.440. The van der Waals surface area contributed by atoms with Gasteiger partial charge in [0, 0.05) is 10.6 Å². The Hall–Kier alpha value is -1.02. The van der Waals surface area contributed by atoms with E-state index in [-0.39, 0.29) is 0 Å². The van der Waals surface area contributed by atoms with Crippen LogP contribution in [0.15, 0.2) is 18.2 Å². The average molecular weight is 228 g/mol. The predicted octanol–water partition coefficient (Wildman–Crippen LogP) is 3.42. The van der Waals surface area contributed by atoms with E-state index in [1.165, 1.54) is 0 Å². The average Bonchev–Trinajstić information content (AvgIpc) is 2.24. The highest BCUT2D eigenvalue weighted by Gasteiger charge is 2.04. The zero-order chi connectivity index (χ0) is 11.8. The first-order chi connectivity index (χ1) is 7.15. The SMILES string of the molecule is CC.CCCc1ccc(C(N)=O)cc1Cl. The van der Waals surface area contributed by atoms with Gasteiger partial charge in [0.1, 0.15) is 0 Å². The Labute approximate surface area is 96.4 Å². The van der Waals surface area contributed by atoms with Crippen molar-refractivity contribution in [1.29, 1.82) is 0 Å². The third kappa shape index (κ3) is 4.34. The van der Waals surface area contributed by atoms with E-state index in [9.17, 15) is 4.79 Å². The molecule has 0 atom stereocenters. The molecule has 2 nitrogen and oxygen atoms in total. The molecule has 84 valence electrons. The van der Waals surface area contributed by atoms with Crippen molar-refractivity contribution >= 4 is 17.5 Å². The van der Waals surface area contributed by atoms with E-state index in [1.54, 1.807) is 12.1 Å². The zero-order valence-corrected chi connectivity index (χ0v) is 10.3. The lowest BCUT2D eigenvalue weighted by molar-refractivity contribution is 0.100. The Balaban J connectivity index is 0.000000921. The Morgan fingerprint density at radius 2 is 2.00 bits per heavy atom. The van der Waals surface area contributed by atoms with Gasteiger partial charge in [0.25, 0.3) is 0 Å². The number of rotatable bonds is 3. The van der Waals surface area contributed by atoms with Gasteiger partial charge >= 0.3 is 0 Å². The molecule has 0 aromatic heterocycles. The molecule has 0 saturated heterocycles. The maximum absolute atomic E-state index is 10.8. The minimum absolute atomic E-state index is 0.440. The van der Waals surface area contributed by atoms with Gasteiger partial charge in [-0.15, -0.1) is 0 Å². The molecule has 0 radical (unpaired) electrons. The molecule has 0 heterocycles. The first-order valence-electron chi connectivity index (χ1n) is 5.23. The monoisotopic (exact) mass is 227 g/mol. The van der Waals surface area contributed by atoms with Crippen LogP contribution in [0, 0.1) is 0 Å². The summed E-state index contributed by atoms with van der Waals surface area (Å²) >= 11 is 5.94. The van der Waals surface area contributed by atoms with Crippen LogP contribution in [0.2, 0.25) is 5.02 Å². The summed E-state index contributed by atoms with van der Waals surface area (Å²) < 4.78 is 0. The maximum Gasteiger partial charge on any atom is 0.248 e. The molecule has 1 rings (SSSR count). The zero-order valence-electron chi connectivity index (χ0n) is 9.51. The van der Waals surface area contributed by atoms with Gasteiger partial charge in [-0.3, -0.25) is 4.79 Å². The number of benzene rings is 1. The van der Waals surface area contributed by atoms with Crippen LogP contribution in [0.5, 0.6) is 0 Å². The minimum Gasteiger partial charge on any atom is -0.366 e. The highest BCUT2D eigenvalue weighted by Crippen LogP contribution is 2.18. The van der Waals surface area contributed by atoms with Crippen LogP contribution >= 0.6 is 11.6 Å². The van der Waals surface area contributed by atoms with Crippen LogP contribution in [0.1, 0.15) is 43.1 Å². The molecule has 0 spiro atoms. The molecule has 0 aliphatic heterocycles. The lowest BCUT2D eigenvalue weighted by Crippen LogP contribution is -2.10. The molecule has 2 N–H and O–H groups in total. The lowest BCUT2D eigenvalue weighted by Gasteiger charge is -2.03.